The van der Waals surface area contributed by atoms with Crippen LogP contribution in [0.1, 0.15) is 19.0 Å². The van der Waals surface area contributed by atoms with E-state index in [0.29, 0.717) is 0 Å². The smallest absolute Gasteiger partial charge is 0.0807 e. The van der Waals surface area contributed by atoms with Gasteiger partial charge >= 0.3 is 0 Å². The molecule has 3 heteroatoms. The highest BCUT2D eigenvalue weighted by Crippen LogP contribution is 1.87. The van der Waals surface area contributed by atoms with Crippen molar-refractivity contribution in [2.75, 3.05) is 19.6 Å². The molecule has 0 saturated carbocycles. The van der Waals surface area contributed by atoms with Crippen LogP contribution in [0.4, 0.5) is 0 Å². The Morgan fingerprint density at radius 1 is 1.43 bits per heavy atom. The molecule has 0 spiro atoms. The third-order valence-electron chi connectivity index (χ3n) is 1.76. The number of pyridine rings is 1. The summed E-state index contributed by atoms with van der Waals surface area (Å²) < 4.78 is 0. The van der Waals surface area contributed by atoms with Crippen molar-refractivity contribution in [2.24, 2.45) is 4.99 Å². The van der Waals surface area contributed by atoms with Gasteiger partial charge in [-0.05, 0) is 25.1 Å². The number of aliphatic imine (C=N–C) groups is 1. The summed E-state index contributed by atoms with van der Waals surface area (Å²) in [6, 6.07) is 5.81. The molecule has 0 amide bonds. The zero-order valence-electron chi connectivity index (χ0n) is 8.61. The van der Waals surface area contributed by atoms with E-state index in [2.05, 4.69) is 22.2 Å². The summed E-state index contributed by atoms with van der Waals surface area (Å²) in [5.74, 6) is 0. The van der Waals surface area contributed by atoms with E-state index in [0.717, 1.165) is 25.3 Å². The van der Waals surface area contributed by atoms with Gasteiger partial charge in [0.05, 0.1) is 12.2 Å². The Kier molecular flexibility index (Phi) is 5.59. The maximum atomic E-state index is 4.26. The molecule has 0 saturated heterocycles. The van der Waals surface area contributed by atoms with Gasteiger partial charge in [0.15, 0.2) is 0 Å². The highest BCUT2D eigenvalue weighted by molar-refractivity contribution is 5.76. The van der Waals surface area contributed by atoms with Crippen LogP contribution in [-0.2, 0) is 0 Å². The lowest BCUT2D eigenvalue weighted by Crippen LogP contribution is -2.18. The SMILES string of the molecule is CCCNCCN=Cc1ccccn1. The summed E-state index contributed by atoms with van der Waals surface area (Å²) in [5, 5.41) is 3.29. The molecule has 0 aliphatic carbocycles. The summed E-state index contributed by atoms with van der Waals surface area (Å²) in [6.07, 6.45) is 4.76. The first-order chi connectivity index (χ1) is 6.93. The highest BCUT2D eigenvalue weighted by atomic mass is 14.9. The Hall–Kier alpha value is -1.22. The normalized spacial score (nSPS) is 10.9. The molecule has 14 heavy (non-hydrogen) atoms. The van der Waals surface area contributed by atoms with Crippen LogP contribution in [0.15, 0.2) is 29.4 Å². The maximum Gasteiger partial charge on any atom is 0.0807 e. The van der Waals surface area contributed by atoms with Crippen molar-refractivity contribution in [3.8, 4) is 0 Å². The van der Waals surface area contributed by atoms with E-state index in [1.165, 1.54) is 6.42 Å². The molecule has 1 aromatic heterocycles. The lowest BCUT2D eigenvalue weighted by Gasteiger charge is -1.97. The third kappa shape index (κ3) is 4.72. The van der Waals surface area contributed by atoms with Gasteiger partial charge in [-0.2, -0.15) is 0 Å². The number of nitrogens with one attached hydrogen (secondary N) is 1. The average Bonchev–Trinajstić information content (AvgIpc) is 2.25. The van der Waals surface area contributed by atoms with Crippen LogP contribution in [0, 0.1) is 0 Å². The summed E-state index contributed by atoms with van der Waals surface area (Å²) in [6.45, 7) is 4.98. The van der Waals surface area contributed by atoms with Crippen molar-refractivity contribution in [2.45, 2.75) is 13.3 Å². The van der Waals surface area contributed by atoms with Gasteiger partial charge in [0.1, 0.15) is 0 Å². The number of hydrogen-bond donors (Lipinski definition) is 1. The molecular formula is C11H17N3. The van der Waals surface area contributed by atoms with Gasteiger partial charge < -0.3 is 5.32 Å². The summed E-state index contributed by atoms with van der Waals surface area (Å²) >= 11 is 0. The Balaban J connectivity index is 2.15. The Morgan fingerprint density at radius 2 is 2.36 bits per heavy atom. The minimum absolute atomic E-state index is 0.816. The van der Waals surface area contributed by atoms with Crippen molar-refractivity contribution in [1.29, 1.82) is 0 Å². The predicted octanol–water partition coefficient (Wildman–Crippen LogP) is 1.50. The Bertz CT molecular complexity index is 256. The molecule has 0 aliphatic rings. The Labute approximate surface area is 85.3 Å². The molecule has 1 aromatic rings. The van der Waals surface area contributed by atoms with Crippen molar-refractivity contribution in [3.63, 3.8) is 0 Å². The number of nitrogens with zero attached hydrogens (tertiary/aromatic N) is 2. The minimum atomic E-state index is 0.816. The van der Waals surface area contributed by atoms with Crippen molar-refractivity contribution >= 4 is 6.21 Å². The van der Waals surface area contributed by atoms with Crippen molar-refractivity contribution < 1.29 is 0 Å². The first-order valence-electron chi connectivity index (χ1n) is 5.05. The minimum Gasteiger partial charge on any atom is -0.315 e. The van der Waals surface area contributed by atoms with Crippen molar-refractivity contribution in [1.82, 2.24) is 10.3 Å². The summed E-state index contributed by atoms with van der Waals surface area (Å²) in [4.78, 5) is 8.41. The van der Waals surface area contributed by atoms with Gasteiger partial charge in [-0.1, -0.05) is 13.0 Å². The molecule has 0 bridgehead atoms. The average molecular weight is 191 g/mol. The van der Waals surface area contributed by atoms with E-state index in [1.807, 2.05) is 24.4 Å². The van der Waals surface area contributed by atoms with Crippen LogP contribution in [-0.4, -0.2) is 30.8 Å². The second-order valence-electron chi connectivity index (χ2n) is 3.04. The Morgan fingerprint density at radius 3 is 3.07 bits per heavy atom. The molecule has 1 heterocycles. The first-order valence-corrected chi connectivity index (χ1v) is 5.05. The molecule has 0 radical (unpaired) electrons. The fourth-order valence-electron chi connectivity index (χ4n) is 1.06. The van der Waals surface area contributed by atoms with Gasteiger partial charge in [-0.3, -0.25) is 9.98 Å². The molecule has 1 rings (SSSR count). The predicted molar refractivity (Wildman–Crippen MR) is 59.9 cm³/mol. The number of aromatic nitrogens is 1. The van der Waals surface area contributed by atoms with Crippen LogP contribution in [0.3, 0.4) is 0 Å². The molecule has 3 nitrogen and oxygen atoms in total. The molecule has 1 N–H and O–H groups in total. The molecular weight excluding hydrogens is 174 g/mol. The highest BCUT2D eigenvalue weighted by Gasteiger charge is 1.85. The quantitative estimate of drug-likeness (QED) is 0.546. The van der Waals surface area contributed by atoms with E-state index in [9.17, 15) is 0 Å². The van der Waals surface area contributed by atoms with E-state index >= 15 is 0 Å². The van der Waals surface area contributed by atoms with Gasteiger partial charge in [0, 0.05) is 19.0 Å². The van der Waals surface area contributed by atoms with Crippen molar-refractivity contribution in [3.05, 3.63) is 30.1 Å². The molecule has 0 aliphatic heterocycles. The van der Waals surface area contributed by atoms with Gasteiger partial charge in [-0.25, -0.2) is 0 Å². The number of hydrogen-bond acceptors (Lipinski definition) is 3. The molecule has 0 unspecified atom stereocenters. The number of rotatable bonds is 6. The standard InChI is InChI=1S/C11H17N3/c1-2-6-12-8-9-13-10-11-5-3-4-7-14-11/h3-5,7,10,12H,2,6,8-9H2,1H3. The maximum absolute atomic E-state index is 4.26. The largest absolute Gasteiger partial charge is 0.315 e. The van der Waals surface area contributed by atoms with E-state index < -0.39 is 0 Å². The van der Waals surface area contributed by atoms with Gasteiger partial charge in [-0.15, -0.1) is 0 Å². The fourth-order valence-corrected chi connectivity index (χ4v) is 1.06. The molecule has 0 fully saturated rings. The van der Waals surface area contributed by atoms with Crippen LogP contribution in [0.5, 0.6) is 0 Å². The monoisotopic (exact) mass is 191 g/mol. The lowest BCUT2D eigenvalue weighted by molar-refractivity contribution is 0.679. The zero-order valence-corrected chi connectivity index (χ0v) is 8.61. The lowest BCUT2D eigenvalue weighted by atomic mass is 10.4. The second-order valence-corrected chi connectivity index (χ2v) is 3.04. The van der Waals surface area contributed by atoms with Gasteiger partial charge in [0.25, 0.3) is 0 Å². The summed E-state index contributed by atoms with van der Waals surface area (Å²) in [5.41, 5.74) is 0.919. The zero-order chi connectivity index (χ0) is 10.1. The van der Waals surface area contributed by atoms with Crippen LogP contribution in [0.2, 0.25) is 0 Å². The molecule has 0 aromatic carbocycles. The van der Waals surface area contributed by atoms with E-state index in [1.54, 1.807) is 6.20 Å². The second kappa shape index (κ2) is 7.21. The van der Waals surface area contributed by atoms with Gasteiger partial charge in [0.2, 0.25) is 0 Å². The molecule has 0 atom stereocenters. The van der Waals surface area contributed by atoms with E-state index in [4.69, 9.17) is 0 Å². The summed E-state index contributed by atoms with van der Waals surface area (Å²) in [7, 11) is 0. The van der Waals surface area contributed by atoms with E-state index in [-0.39, 0.29) is 0 Å². The first kappa shape index (κ1) is 10.9. The third-order valence-corrected chi connectivity index (χ3v) is 1.76. The fraction of sp³-hybridized carbons (Fsp3) is 0.455. The molecule has 76 valence electrons. The van der Waals surface area contributed by atoms with Crippen LogP contribution < -0.4 is 5.32 Å². The van der Waals surface area contributed by atoms with Crippen LogP contribution in [0.25, 0.3) is 0 Å². The topological polar surface area (TPSA) is 37.3 Å². The van der Waals surface area contributed by atoms with Crippen LogP contribution >= 0.6 is 0 Å².